The molecule has 2 aromatic heterocycles. The molecule has 1 N–H and O–H groups in total. The summed E-state index contributed by atoms with van der Waals surface area (Å²) in [5, 5.41) is 2.73. The molecule has 0 fully saturated rings. The van der Waals surface area contributed by atoms with Crippen molar-refractivity contribution in [1.29, 1.82) is 0 Å². The molecule has 0 saturated carbocycles. The molecular weight excluding hydrogens is 242 g/mol. The van der Waals surface area contributed by atoms with E-state index in [4.69, 9.17) is 11.6 Å². The molecule has 86 valence electrons. The van der Waals surface area contributed by atoms with Gasteiger partial charge in [-0.25, -0.2) is 15.0 Å². The van der Waals surface area contributed by atoms with Crippen LogP contribution in [0.5, 0.6) is 0 Å². The lowest BCUT2D eigenvalue weighted by Gasteiger charge is -2.02. The van der Waals surface area contributed by atoms with E-state index in [0.717, 1.165) is 5.69 Å². The second kappa shape index (κ2) is 4.84. The highest BCUT2D eigenvalue weighted by atomic mass is 35.5. The number of rotatable bonds is 2. The van der Waals surface area contributed by atoms with Crippen LogP contribution >= 0.6 is 11.6 Å². The van der Waals surface area contributed by atoms with Gasteiger partial charge in [-0.15, -0.1) is 0 Å². The van der Waals surface area contributed by atoms with E-state index < -0.39 is 5.91 Å². The monoisotopic (exact) mass is 249 g/mol. The van der Waals surface area contributed by atoms with Crippen molar-refractivity contribution in [2.75, 3.05) is 5.32 Å². The van der Waals surface area contributed by atoms with Gasteiger partial charge in [0.2, 0.25) is 5.95 Å². The topological polar surface area (TPSA) is 80.7 Å². The van der Waals surface area contributed by atoms with E-state index in [0.29, 0.717) is 0 Å². The van der Waals surface area contributed by atoms with Gasteiger partial charge in [-0.3, -0.25) is 15.1 Å². The number of nitrogens with zero attached hydrogens (tertiary/aromatic N) is 4. The largest absolute Gasteiger partial charge is 0.289 e. The fourth-order valence-corrected chi connectivity index (χ4v) is 1.21. The minimum absolute atomic E-state index is 0.130. The van der Waals surface area contributed by atoms with Crippen LogP contribution in [0.3, 0.4) is 0 Å². The zero-order valence-corrected chi connectivity index (χ0v) is 9.64. The standard InChI is InChI=1S/C10H8ClN5O/c1-6-4-14-7(5-13-6)9(17)16-10-12-3-2-8(11)15-10/h2-5H,1H3,(H,12,15,16,17). The molecule has 2 rings (SSSR count). The van der Waals surface area contributed by atoms with E-state index in [2.05, 4.69) is 25.3 Å². The van der Waals surface area contributed by atoms with Gasteiger partial charge in [0.05, 0.1) is 11.9 Å². The summed E-state index contributed by atoms with van der Waals surface area (Å²) in [5.74, 6) is -0.301. The molecule has 6 nitrogen and oxygen atoms in total. The second-order valence-electron chi connectivity index (χ2n) is 3.20. The van der Waals surface area contributed by atoms with Crippen LogP contribution in [0.2, 0.25) is 5.15 Å². The summed E-state index contributed by atoms with van der Waals surface area (Å²) in [6.45, 7) is 1.79. The van der Waals surface area contributed by atoms with Crippen LogP contribution in [0.25, 0.3) is 0 Å². The highest BCUT2D eigenvalue weighted by molar-refractivity contribution is 6.29. The summed E-state index contributed by atoms with van der Waals surface area (Å²) >= 11 is 5.66. The van der Waals surface area contributed by atoms with Gasteiger partial charge in [0.25, 0.3) is 5.91 Å². The average molecular weight is 250 g/mol. The Morgan fingerprint density at radius 2 is 2.12 bits per heavy atom. The Morgan fingerprint density at radius 3 is 2.76 bits per heavy atom. The maximum Gasteiger partial charge on any atom is 0.278 e. The highest BCUT2D eigenvalue weighted by Gasteiger charge is 2.09. The molecular formula is C10H8ClN5O. The Kier molecular flexibility index (Phi) is 3.24. The van der Waals surface area contributed by atoms with E-state index in [1.54, 1.807) is 6.92 Å². The fraction of sp³-hybridized carbons (Fsp3) is 0.100. The Balaban J connectivity index is 2.14. The van der Waals surface area contributed by atoms with Crippen molar-refractivity contribution in [3.05, 3.63) is 41.2 Å². The van der Waals surface area contributed by atoms with Gasteiger partial charge in [0.1, 0.15) is 10.8 Å². The van der Waals surface area contributed by atoms with Crippen LogP contribution < -0.4 is 5.32 Å². The molecule has 7 heteroatoms. The molecule has 0 atom stereocenters. The first kappa shape index (κ1) is 11.4. The molecule has 0 aromatic carbocycles. The molecule has 17 heavy (non-hydrogen) atoms. The SMILES string of the molecule is Cc1cnc(C(=O)Nc2nccc(Cl)n2)cn1. The van der Waals surface area contributed by atoms with Gasteiger partial charge < -0.3 is 0 Å². The van der Waals surface area contributed by atoms with Crippen LogP contribution in [0.15, 0.2) is 24.7 Å². The van der Waals surface area contributed by atoms with Crippen LogP contribution in [-0.4, -0.2) is 25.8 Å². The normalized spacial score (nSPS) is 10.0. The molecule has 0 aliphatic rings. The third-order valence-electron chi connectivity index (χ3n) is 1.86. The summed E-state index contributed by atoms with van der Waals surface area (Å²) in [5.41, 5.74) is 0.930. The second-order valence-corrected chi connectivity index (χ2v) is 3.59. The van der Waals surface area contributed by atoms with Gasteiger partial charge in [-0.05, 0) is 13.0 Å². The van der Waals surface area contributed by atoms with E-state index >= 15 is 0 Å². The number of hydrogen-bond donors (Lipinski definition) is 1. The number of carbonyl (C=O) groups is 1. The molecule has 0 unspecified atom stereocenters. The van der Waals surface area contributed by atoms with Crippen molar-refractivity contribution in [2.45, 2.75) is 6.92 Å². The lowest BCUT2D eigenvalue weighted by molar-refractivity contribution is 0.102. The van der Waals surface area contributed by atoms with Crippen molar-refractivity contribution >= 4 is 23.5 Å². The number of carbonyl (C=O) groups excluding carboxylic acids is 1. The van der Waals surface area contributed by atoms with Gasteiger partial charge in [-0.2, -0.15) is 0 Å². The van der Waals surface area contributed by atoms with E-state index in [9.17, 15) is 4.79 Å². The quantitative estimate of drug-likeness (QED) is 0.816. The van der Waals surface area contributed by atoms with Crippen molar-refractivity contribution in [3.63, 3.8) is 0 Å². The third-order valence-corrected chi connectivity index (χ3v) is 2.07. The molecule has 0 saturated heterocycles. The van der Waals surface area contributed by atoms with Gasteiger partial charge in [0, 0.05) is 12.4 Å². The summed E-state index contributed by atoms with van der Waals surface area (Å²) in [4.78, 5) is 27.3. The van der Waals surface area contributed by atoms with Gasteiger partial charge >= 0.3 is 0 Å². The number of halogens is 1. The molecule has 2 aromatic rings. The zero-order chi connectivity index (χ0) is 12.3. The van der Waals surface area contributed by atoms with Crippen LogP contribution in [-0.2, 0) is 0 Å². The van der Waals surface area contributed by atoms with E-state index in [-0.39, 0.29) is 16.8 Å². The Hall–Kier alpha value is -2.08. The first-order valence-corrected chi connectivity index (χ1v) is 5.11. The minimum Gasteiger partial charge on any atom is -0.289 e. The Labute approximate surface area is 102 Å². The molecule has 2 heterocycles. The number of aryl methyl sites for hydroxylation is 1. The van der Waals surface area contributed by atoms with Gasteiger partial charge in [-0.1, -0.05) is 11.6 Å². The van der Waals surface area contributed by atoms with Crippen LogP contribution in [0.4, 0.5) is 5.95 Å². The van der Waals surface area contributed by atoms with E-state index in [1.807, 2.05) is 0 Å². The molecule has 0 aliphatic carbocycles. The Bertz CT molecular complexity index is 543. The molecule has 0 radical (unpaired) electrons. The molecule has 0 bridgehead atoms. The summed E-state index contributed by atoms with van der Waals surface area (Å²) < 4.78 is 0. The predicted octanol–water partition coefficient (Wildman–Crippen LogP) is 1.48. The number of aromatic nitrogens is 4. The predicted molar refractivity (Wildman–Crippen MR) is 61.8 cm³/mol. The molecule has 0 aliphatic heterocycles. The number of anilines is 1. The summed E-state index contributed by atoms with van der Waals surface area (Å²) in [6.07, 6.45) is 4.34. The summed E-state index contributed by atoms with van der Waals surface area (Å²) in [6, 6.07) is 1.52. The Morgan fingerprint density at radius 1 is 1.29 bits per heavy atom. The first-order chi connectivity index (χ1) is 8.15. The van der Waals surface area contributed by atoms with Crippen molar-refractivity contribution < 1.29 is 4.79 Å². The zero-order valence-electron chi connectivity index (χ0n) is 8.88. The van der Waals surface area contributed by atoms with Crippen LogP contribution in [0, 0.1) is 6.92 Å². The smallest absolute Gasteiger partial charge is 0.278 e. The average Bonchev–Trinajstić information content (AvgIpc) is 2.29. The number of nitrogens with one attached hydrogen (secondary N) is 1. The van der Waals surface area contributed by atoms with Crippen molar-refractivity contribution in [3.8, 4) is 0 Å². The third kappa shape index (κ3) is 2.94. The number of amides is 1. The maximum absolute atomic E-state index is 11.7. The maximum atomic E-state index is 11.7. The fourth-order valence-electron chi connectivity index (χ4n) is 1.07. The first-order valence-electron chi connectivity index (χ1n) is 4.74. The van der Waals surface area contributed by atoms with Crippen molar-refractivity contribution in [2.24, 2.45) is 0 Å². The van der Waals surface area contributed by atoms with E-state index in [1.165, 1.54) is 24.7 Å². The minimum atomic E-state index is -0.431. The lowest BCUT2D eigenvalue weighted by Crippen LogP contribution is -2.16. The molecule has 0 spiro atoms. The lowest BCUT2D eigenvalue weighted by atomic mass is 10.4. The number of hydrogen-bond acceptors (Lipinski definition) is 5. The van der Waals surface area contributed by atoms with Gasteiger partial charge in [0.15, 0.2) is 0 Å². The van der Waals surface area contributed by atoms with Crippen LogP contribution in [0.1, 0.15) is 16.2 Å². The molecule has 1 amide bonds. The summed E-state index contributed by atoms with van der Waals surface area (Å²) in [7, 11) is 0. The van der Waals surface area contributed by atoms with Crippen molar-refractivity contribution in [1.82, 2.24) is 19.9 Å². The highest BCUT2D eigenvalue weighted by Crippen LogP contribution is 2.06.